The number of fused-ring (bicyclic) bond motifs is 1. The minimum absolute atomic E-state index is 0.319. The number of anilines is 1. The summed E-state index contributed by atoms with van der Waals surface area (Å²) in [5.41, 5.74) is 8.05. The standard InChI is InChI=1S/C29H30N8/c1-7-25-24(8-18(4)21-9-22(12-30-11-21)33-20(6)17(2)3)29(36-35-25)26-10-23-27(34-26)13-31-14-28(23)37-15-19(5)32-16-37/h7-17,33-35H,4,6H2,1-3,5H3/b24-8+,25-7+. The molecule has 0 amide bonds. The first-order chi connectivity index (χ1) is 17.8. The molecule has 0 saturated heterocycles. The Labute approximate surface area is 215 Å². The van der Waals surface area contributed by atoms with E-state index in [0.29, 0.717) is 5.92 Å². The number of H-pyrrole nitrogens is 2. The highest BCUT2D eigenvalue weighted by Crippen LogP contribution is 2.26. The van der Waals surface area contributed by atoms with Crippen LogP contribution in [0.25, 0.3) is 45.7 Å². The van der Waals surface area contributed by atoms with Gasteiger partial charge in [0.05, 0.1) is 58.5 Å². The Morgan fingerprint density at radius 2 is 1.92 bits per heavy atom. The summed E-state index contributed by atoms with van der Waals surface area (Å²) < 4.78 is 1.98. The lowest BCUT2D eigenvalue weighted by atomic mass is 10.1. The topological polar surface area (TPSA) is 100 Å². The van der Waals surface area contributed by atoms with Crippen molar-refractivity contribution in [3.63, 3.8) is 0 Å². The van der Waals surface area contributed by atoms with Gasteiger partial charge in [0.2, 0.25) is 0 Å². The number of allylic oxidation sites excluding steroid dienone is 2. The van der Waals surface area contributed by atoms with Crippen molar-refractivity contribution in [1.82, 2.24) is 34.7 Å². The summed E-state index contributed by atoms with van der Waals surface area (Å²) in [4.78, 5) is 16.7. The molecule has 37 heavy (non-hydrogen) atoms. The summed E-state index contributed by atoms with van der Waals surface area (Å²) in [6.45, 7) is 16.6. The van der Waals surface area contributed by atoms with Gasteiger partial charge in [0, 0.05) is 34.3 Å². The lowest BCUT2D eigenvalue weighted by Gasteiger charge is -2.13. The molecular weight excluding hydrogens is 460 g/mol. The molecule has 0 aliphatic heterocycles. The zero-order valence-electron chi connectivity index (χ0n) is 21.5. The molecule has 186 valence electrons. The van der Waals surface area contributed by atoms with Crippen molar-refractivity contribution < 1.29 is 0 Å². The third-order valence-corrected chi connectivity index (χ3v) is 6.32. The van der Waals surface area contributed by atoms with E-state index in [1.807, 2.05) is 61.4 Å². The van der Waals surface area contributed by atoms with E-state index in [9.17, 15) is 0 Å². The van der Waals surface area contributed by atoms with Gasteiger partial charge in [-0.25, -0.2) is 4.98 Å². The zero-order chi connectivity index (χ0) is 26.1. The Hall–Kier alpha value is -4.72. The van der Waals surface area contributed by atoms with Crippen molar-refractivity contribution in [3.05, 3.63) is 90.1 Å². The second-order valence-electron chi connectivity index (χ2n) is 9.35. The SMILES string of the molecule is C=C(/C=c1/c(-c2cc3c(-n4cnc(C)c4)cncc3[nH]2)n[nH]/c1=C/C)c1cncc(NC(=C)C(C)C)c1. The number of imidazole rings is 1. The van der Waals surface area contributed by atoms with Gasteiger partial charge in [0.25, 0.3) is 0 Å². The molecule has 8 heteroatoms. The molecule has 0 radical (unpaired) electrons. The fraction of sp³-hybridized carbons (Fsp3) is 0.172. The number of pyridine rings is 2. The van der Waals surface area contributed by atoms with E-state index in [2.05, 4.69) is 68.5 Å². The maximum atomic E-state index is 4.64. The van der Waals surface area contributed by atoms with Crippen LogP contribution in [0, 0.1) is 12.8 Å². The number of aryl methyl sites for hydroxylation is 1. The molecule has 5 rings (SSSR count). The van der Waals surface area contributed by atoms with E-state index in [0.717, 1.165) is 66.8 Å². The van der Waals surface area contributed by atoms with Gasteiger partial charge in [-0.05, 0) is 43.5 Å². The largest absolute Gasteiger partial charge is 0.358 e. The molecule has 0 aliphatic carbocycles. The predicted molar refractivity (Wildman–Crippen MR) is 150 cm³/mol. The number of aromatic nitrogens is 7. The smallest absolute Gasteiger partial charge is 0.116 e. The van der Waals surface area contributed by atoms with E-state index < -0.39 is 0 Å². The van der Waals surface area contributed by atoms with E-state index in [4.69, 9.17) is 0 Å². The van der Waals surface area contributed by atoms with Crippen LogP contribution in [0.3, 0.4) is 0 Å². The molecule has 0 aromatic carbocycles. The third kappa shape index (κ3) is 4.73. The number of nitrogens with one attached hydrogen (secondary N) is 3. The van der Waals surface area contributed by atoms with Crippen LogP contribution in [0.15, 0.2) is 68.3 Å². The van der Waals surface area contributed by atoms with Crippen LogP contribution in [-0.4, -0.2) is 34.7 Å². The van der Waals surface area contributed by atoms with Crippen molar-refractivity contribution in [1.29, 1.82) is 0 Å². The molecule has 3 N–H and O–H groups in total. The molecule has 0 saturated carbocycles. The average molecular weight is 491 g/mol. The summed E-state index contributed by atoms with van der Waals surface area (Å²) in [6.07, 6.45) is 15.1. The molecule has 5 aromatic heterocycles. The van der Waals surface area contributed by atoms with Crippen LogP contribution in [0.1, 0.15) is 32.0 Å². The van der Waals surface area contributed by atoms with Crippen LogP contribution < -0.4 is 15.9 Å². The predicted octanol–water partition coefficient (Wildman–Crippen LogP) is 4.72. The highest BCUT2D eigenvalue weighted by atomic mass is 15.1. The normalized spacial score (nSPS) is 12.6. The highest BCUT2D eigenvalue weighted by molar-refractivity contribution is 5.93. The number of nitrogens with zero attached hydrogens (tertiary/aromatic N) is 5. The maximum absolute atomic E-state index is 4.64. The fourth-order valence-electron chi connectivity index (χ4n) is 4.13. The minimum atomic E-state index is 0.319. The Morgan fingerprint density at radius 1 is 1.11 bits per heavy atom. The summed E-state index contributed by atoms with van der Waals surface area (Å²) in [5.74, 6) is 0.319. The van der Waals surface area contributed by atoms with Gasteiger partial charge in [0.15, 0.2) is 0 Å². The number of aromatic amines is 2. The van der Waals surface area contributed by atoms with Gasteiger partial charge in [-0.15, -0.1) is 0 Å². The molecule has 0 aliphatic rings. The molecule has 0 spiro atoms. The Bertz CT molecular complexity index is 1750. The number of rotatable bonds is 7. The fourth-order valence-corrected chi connectivity index (χ4v) is 4.13. The van der Waals surface area contributed by atoms with Gasteiger partial charge in [-0.3, -0.25) is 15.1 Å². The molecule has 5 aromatic rings. The maximum Gasteiger partial charge on any atom is 0.116 e. The van der Waals surface area contributed by atoms with Gasteiger partial charge in [0.1, 0.15) is 5.69 Å². The van der Waals surface area contributed by atoms with Crippen molar-refractivity contribution in [2.24, 2.45) is 5.92 Å². The van der Waals surface area contributed by atoms with Gasteiger partial charge in [-0.1, -0.05) is 33.1 Å². The molecule has 8 nitrogen and oxygen atoms in total. The van der Waals surface area contributed by atoms with Crippen molar-refractivity contribution in [2.75, 3.05) is 5.32 Å². The van der Waals surface area contributed by atoms with Crippen LogP contribution >= 0.6 is 0 Å². The lowest BCUT2D eigenvalue weighted by molar-refractivity contribution is 0.778. The monoisotopic (exact) mass is 490 g/mol. The van der Waals surface area contributed by atoms with E-state index in [1.54, 1.807) is 12.5 Å². The second-order valence-corrected chi connectivity index (χ2v) is 9.35. The average Bonchev–Trinajstić information content (AvgIpc) is 3.61. The van der Waals surface area contributed by atoms with E-state index in [-0.39, 0.29) is 0 Å². The highest BCUT2D eigenvalue weighted by Gasteiger charge is 2.13. The van der Waals surface area contributed by atoms with Crippen molar-refractivity contribution in [3.8, 4) is 17.1 Å². The van der Waals surface area contributed by atoms with Gasteiger partial charge in [-0.2, -0.15) is 5.10 Å². The van der Waals surface area contributed by atoms with Crippen LogP contribution in [0.2, 0.25) is 0 Å². The van der Waals surface area contributed by atoms with Crippen molar-refractivity contribution >= 4 is 34.3 Å². The Kier molecular flexibility index (Phi) is 6.31. The molecule has 0 bridgehead atoms. The number of hydrogen-bond acceptors (Lipinski definition) is 5. The first kappa shape index (κ1) is 24.0. The summed E-state index contributed by atoms with van der Waals surface area (Å²) in [7, 11) is 0. The number of hydrogen-bond donors (Lipinski definition) is 3. The molecule has 0 atom stereocenters. The van der Waals surface area contributed by atoms with Crippen LogP contribution in [0.5, 0.6) is 0 Å². The van der Waals surface area contributed by atoms with Gasteiger partial charge < -0.3 is 14.9 Å². The summed E-state index contributed by atoms with van der Waals surface area (Å²) in [6, 6.07) is 4.13. The zero-order valence-corrected chi connectivity index (χ0v) is 21.5. The van der Waals surface area contributed by atoms with Crippen LogP contribution in [0.4, 0.5) is 5.69 Å². The minimum Gasteiger partial charge on any atom is -0.358 e. The Balaban J connectivity index is 1.57. The molecule has 0 fully saturated rings. The quantitative estimate of drug-likeness (QED) is 0.307. The van der Waals surface area contributed by atoms with Gasteiger partial charge >= 0.3 is 0 Å². The van der Waals surface area contributed by atoms with Crippen LogP contribution in [-0.2, 0) is 0 Å². The Morgan fingerprint density at radius 3 is 2.65 bits per heavy atom. The van der Waals surface area contributed by atoms with E-state index >= 15 is 0 Å². The second kappa shape index (κ2) is 9.73. The van der Waals surface area contributed by atoms with E-state index in [1.165, 1.54) is 0 Å². The first-order valence-corrected chi connectivity index (χ1v) is 12.1. The first-order valence-electron chi connectivity index (χ1n) is 12.1. The summed E-state index contributed by atoms with van der Waals surface area (Å²) >= 11 is 0. The van der Waals surface area contributed by atoms with Crippen molar-refractivity contribution in [2.45, 2.75) is 27.7 Å². The molecule has 5 heterocycles. The molecule has 0 unspecified atom stereocenters. The molecular formula is C29H30N8. The third-order valence-electron chi connectivity index (χ3n) is 6.32. The summed E-state index contributed by atoms with van der Waals surface area (Å²) in [5, 5.41) is 14.0. The lowest BCUT2D eigenvalue weighted by Crippen LogP contribution is -2.23.